The van der Waals surface area contributed by atoms with Gasteiger partial charge in [-0.25, -0.2) is 13.1 Å². The number of sulfonamides is 1. The second-order valence-corrected chi connectivity index (χ2v) is 5.45. The Kier molecular flexibility index (Phi) is 4.47. The van der Waals surface area contributed by atoms with E-state index in [0.717, 1.165) is 0 Å². The van der Waals surface area contributed by atoms with Gasteiger partial charge in [0.2, 0.25) is 10.0 Å². The summed E-state index contributed by atoms with van der Waals surface area (Å²) < 4.78 is 31.1. The molecule has 8 heteroatoms. The standard InChI is InChI=1S/C12H11N3O4S/c16-4-1-2-10-6-12(9-13-7-10)20(17,18)14-8-11-3-5-19-15-11/h3,5-7,9,14,16H,4,8H2. The predicted molar refractivity (Wildman–Crippen MR) is 68.7 cm³/mol. The zero-order chi connectivity index (χ0) is 14.4. The van der Waals surface area contributed by atoms with Gasteiger partial charge in [-0.05, 0) is 6.07 Å². The molecule has 0 aliphatic heterocycles. The maximum Gasteiger partial charge on any atom is 0.242 e. The number of aromatic nitrogens is 2. The average Bonchev–Trinajstić information content (AvgIpc) is 2.97. The van der Waals surface area contributed by atoms with Crippen molar-refractivity contribution < 1.29 is 18.0 Å². The summed E-state index contributed by atoms with van der Waals surface area (Å²) in [5, 5.41) is 12.2. The summed E-state index contributed by atoms with van der Waals surface area (Å²) in [5.74, 6) is 5.02. The van der Waals surface area contributed by atoms with Crippen molar-refractivity contribution in [2.24, 2.45) is 0 Å². The highest BCUT2D eigenvalue weighted by Crippen LogP contribution is 2.09. The molecule has 0 bridgehead atoms. The first kappa shape index (κ1) is 14.2. The fourth-order valence-electron chi connectivity index (χ4n) is 1.36. The SMILES string of the molecule is O=S(=O)(NCc1ccon1)c1cncc(C#CCO)c1. The second kappa shape index (κ2) is 6.29. The van der Waals surface area contributed by atoms with Gasteiger partial charge in [0, 0.05) is 24.0 Å². The van der Waals surface area contributed by atoms with Crippen LogP contribution in [-0.2, 0) is 16.6 Å². The molecule has 20 heavy (non-hydrogen) atoms. The summed E-state index contributed by atoms with van der Waals surface area (Å²) in [6.45, 7) is -0.285. The quantitative estimate of drug-likeness (QED) is 0.762. The Labute approximate surface area is 115 Å². The van der Waals surface area contributed by atoms with Crippen molar-refractivity contribution in [1.29, 1.82) is 0 Å². The molecule has 0 aliphatic rings. The van der Waals surface area contributed by atoms with Gasteiger partial charge in [-0.15, -0.1) is 0 Å². The molecule has 0 amide bonds. The van der Waals surface area contributed by atoms with Crippen molar-refractivity contribution in [2.45, 2.75) is 11.4 Å². The molecular formula is C12H11N3O4S. The average molecular weight is 293 g/mol. The van der Waals surface area contributed by atoms with Crippen LogP contribution in [-0.4, -0.2) is 30.3 Å². The molecule has 0 radical (unpaired) electrons. The lowest BCUT2D eigenvalue weighted by Crippen LogP contribution is -2.23. The Morgan fingerprint density at radius 2 is 2.25 bits per heavy atom. The zero-order valence-corrected chi connectivity index (χ0v) is 11.1. The molecule has 0 atom stereocenters. The van der Waals surface area contributed by atoms with E-state index >= 15 is 0 Å². The highest BCUT2D eigenvalue weighted by molar-refractivity contribution is 7.89. The summed E-state index contributed by atoms with van der Waals surface area (Å²) in [7, 11) is -3.71. The van der Waals surface area contributed by atoms with Gasteiger partial charge >= 0.3 is 0 Å². The maximum atomic E-state index is 12.0. The number of nitrogens with zero attached hydrogens (tertiary/aromatic N) is 2. The lowest BCUT2D eigenvalue weighted by atomic mass is 10.3. The van der Waals surface area contributed by atoms with Crippen LogP contribution >= 0.6 is 0 Å². The van der Waals surface area contributed by atoms with Crippen LogP contribution < -0.4 is 4.72 Å². The molecule has 0 aliphatic carbocycles. The molecule has 0 fully saturated rings. The van der Waals surface area contributed by atoms with E-state index in [9.17, 15) is 8.42 Å². The van der Waals surface area contributed by atoms with Crippen LogP contribution in [0.1, 0.15) is 11.3 Å². The van der Waals surface area contributed by atoms with Crippen LogP contribution in [0.4, 0.5) is 0 Å². The number of rotatable bonds is 4. The molecule has 2 rings (SSSR count). The Morgan fingerprint density at radius 1 is 1.40 bits per heavy atom. The van der Waals surface area contributed by atoms with E-state index in [1.54, 1.807) is 6.07 Å². The Balaban J connectivity index is 2.16. The van der Waals surface area contributed by atoms with E-state index in [0.29, 0.717) is 11.3 Å². The minimum Gasteiger partial charge on any atom is -0.384 e. The van der Waals surface area contributed by atoms with Gasteiger partial charge in [-0.1, -0.05) is 17.0 Å². The Morgan fingerprint density at radius 3 is 2.95 bits per heavy atom. The number of pyridine rings is 1. The topological polar surface area (TPSA) is 105 Å². The largest absolute Gasteiger partial charge is 0.384 e. The van der Waals surface area contributed by atoms with Gasteiger partial charge in [-0.2, -0.15) is 0 Å². The molecule has 2 heterocycles. The molecule has 0 aromatic carbocycles. The number of hydrogen-bond donors (Lipinski definition) is 2. The lowest BCUT2D eigenvalue weighted by molar-refractivity contribution is 0.350. The molecule has 0 saturated heterocycles. The Hall–Kier alpha value is -2.21. The summed E-state index contributed by atoms with van der Waals surface area (Å²) in [6, 6.07) is 2.94. The van der Waals surface area contributed by atoms with Crippen LogP contribution in [0.2, 0.25) is 0 Å². The minimum absolute atomic E-state index is 0.00858. The summed E-state index contributed by atoms with van der Waals surface area (Å²) in [4.78, 5) is 3.80. The van der Waals surface area contributed by atoms with Crippen molar-refractivity contribution >= 4 is 10.0 Å². The van der Waals surface area contributed by atoms with E-state index in [1.807, 2.05) is 0 Å². The number of aliphatic hydroxyl groups excluding tert-OH is 1. The molecule has 2 aromatic rings. The first-order valence-corrected chi connectivity index (χ1v) is 7.04. The van der Waals surface area contributed by atoms with Crippen LogP contribution in [0.25, 0.3) is 0 Å². The summed E-state index contributed by atoms with van der Waals surface area (Å²) >= 11 is 0. The van der Waals surface area contributed by atoms with Gasteiger partial charge in [0.1, 0.15) is 17.8 Å². The van der Waals surface area contributed by atoms with E-state index in [1.165, 1.54) is 24.7 Å². The maximum absolute atomic E-state index is 12.0. The molecule has 2 aromatic heterocycles. The van der Waals surface area contributed by atoms with E-state index in [2.05, 4.69) is 31.2 Å². The van der Waals surface area contributed by atoms with Crippen molar-refractivity contribution in [3.05, 3.63) is 42.0 Å². The van der Waals surface area contributed by atoms with Crippen molar-refractivity contribution in [3.63, 3.8) is 0 Å². The molecule has 0 saturated carbocycles. The fourth-order valence-corrected chi connectivity index (χ4v) is 2.34. The smallest absolute Gasteiger partial charge is 0.242 e. The minimum atomic E-state index is -3.71. The molecule has 2 N–H and O–H groups in total. The number of hydrogen-bond acceptors (Lipinski definition) is 6. The van der Waals surface area contributed by atoms with E-state index in [-0.39, 0.29) is 18.0 Å². The third-order valence-corrected chi connectivity index (χ3v) is 3.64. The van der Waals surface area contributed by atoms with Crippen molar-refractivity contribution in [3.8, 4) is 11.8 Å². The molecule has 104 valence electrons. The first-order chi connectivity index (χ1) is 9.62. The van der Waals surface area contributed by atoms with Crippen LogP contribution in [0, 0.1) is 11.8 Å². The second-order valence-electron chi connectivity index (χ2n) is 3.68. The third-order valence-electron chi connectivity index (χ3n) is 2.27. The molecule has 0 unspecified atom stereocenters. The highest BCUT2D eigenvalue weighted by Gasteiger charge is 2.15. The van der Waals surface area contributed by atoms with E-state index < -0.39 is 10.0 Å². The van der Waals surface area contributed by atoms with Crippen LogP contribution in [0.5, 0.6) is 0 Å². The van der Waals surface area contributed by atoms with Gasteiger partial charge < -0.3 is 9.63 Å². The first-order valence-electron chi connectivity index (χ1n) is 5.55. The predicted octanol–water partition coefficient (Wildman–Crippen LogP) is -0.108. The number of nitrogens with one attached hydrogen (secondary N) is 1. The van der Waals surface area contributed by atoms with Crippen molar-refractivity contribution in [2.75, 3.05) is 6.61 Å². The Bertz CT molecular complexity index is 730. The van der Waals surface area contributed by atoms with Crippen LogP contribution in [0.3, 0.4) is 0 Å². The molecule has 0 spiro atoms. The summed E-state index contributed by atoms with van der Waals surface area (Å²) in [6.07, 6.45) is 3.99. The van der Waals surface area contributed by atoms with Crippen molar-refractivity contribution in [1.82, 2.24) is 14.9 Å². The number of aliphatic hydroxyl groups is 1. The van der Waals surface area contributed by atoms with Gasteiger partial charge in [0.25, 0.3) is 0 Å². The van der Waals surface area contributed by atoms with Gasteiger partial charge in [0.05, 0.1) is 12.2 Å². The van der Waals surface area contributed by atoms with Crippen LogP contribution in [0.15, 0.2) is 40.2 Å². The molecular weight excluding hydrogens is 282 g/mol. The zero-order valence-electron chi connectivity index (χ0n) is 10.3. The fraction of sp³-hybridized carbons (Fsp3) is 0.167. The van der Waals surface area contributed by atoms with Gasteiger partial charge in [-0.3, -0.25) is 4.98 Å². The molecule has 7 nitrogen and oxygen atoms in total. The van der Waals surface area contributed by atoms with E-state index in [4.69, 9.17) is 5.11 Å². The lowest BCUT2D eigenvalue weighted by Gasteiger charge is -2.04. The summed E-state index contributed by atoms with van der Waals surface area (Å²) in [5.41, 5.74) is 0.876. The highest BCUT2D eigenvalue weighted by atomic mass is 32.2. The third kappa shape index (κ3) is 3.64. The monoisotopic (exact) mass is 293 g/mol. The van der Waals surface area contributed by atoms with Gasteiger partial charge in [0.15, 0.2) is 0 Å². The normalized spacial score (nSPS) is 10.8.